The number of rotatable bonds is 6. The minimum absolute atomic E-state index is 0.437. The summed E-state index contributed by atoms with van der Waals surface area (Å²) >= 11 is 3.72. The lowest BCUT2D eigenvalue weighted by Crippen LogP contribution is -2.44. The van der Waals surface area contributed by atoms with Crippen LogP contribution in [0.2, 0.25) is 0 Å². The van der Waals surface area contributed by atoms with E-state index in [1.807, 2.05) is 0 Å². The lowest BCUT2D eigenvalue weighted by molar-refractivity contribution is 0.243. The molecule has 5 heteroatoms. The quantitative estimate of drug-likeness (QED) is 0.834. The van der Waals surface area contributed by atoms with Crippen molar-refractivity contribution in [3.05, 3.63) is 21.7 Å². The number of benzene rings is 1. The topological polar surface area (TPSA) is 33.7 Å². The van der Waals surface area contributed by atoms with Crippen molar-refractivity contribution in [1.29, 1.82) is 0 Å². The molecule has 0 spiro atoms. The summed E-state index contributed by atoms with van der Waals surface area (Å²) in [7, 11) is 3.38. The molecule has 2 rings (SSSR count). The molecule has 0 bridgehead atoms. The van der Waals surface area contributed by atoms with Crippen molar-refractivity contribution in [2.75, 3.05) is 46.9 Å². The molecule has 1 aromatic carbocycles. The highest BCUT2D eigenvalue weighted by Gasteiger charge is 2.20. The summed E-state index contributed by atoms with van der Waals surface area (Å²) in [6.07, 6.45) is 1.03. The van der Waals surface area contributed by atoms with Crippen molar-refractivity contribution in [2.24, 2.45) is 0 Å². The van der Waals surface area contributed by atoms with Crippen LogP contribution in [-0.4, -0.2) is 51.8 Å². The van der Waals surface area contributed by atoms with Crippen LogP contribution in [0.4, 0.5) is 0 Å². The van der Waals surface area contributed by atoms with Gasteiger partial charge in [-0.2, -0.15) is 0 Å². The molecular formula is C17H27BrN2O2. The highest BCUT2D eigenvalue weighted by molar-refractivity contribution is 9.10. The van der Waals surface area contributed by atoms with Gasteiger partial charge in [-0.25, -0.2) is 0 Å². The number of hydrogen-bond donors (Lipinski definition) is 1. The van der Waals surface area contributed by atoms with E-state index in [0.29, 0.717) is 5.92 Å². The Balaban J connectivity index is 2.25. The molecular weight excluding hydrogens is 344 g/mol. The maximum atomic E-state index is 5.52. The van der Waals surface area contributed by atoms with Crippen LogP contribution in [0.5, 0.6) is 11.5 Å². The van der Waals surface area contributed by atoms with E-state index in [2.05, 4.69) is 46.1 Å². The second-order valence-electron chi connectivity index (χ2n) is 6.00. The summed E-state index contributed by atoms with van der Waals surface area (Å²) in [5.41, 5.74) is 2.67. The highest BCUT2D eigenvalue weighted by atomic mass is 79.9. The van der Waals surface area contributed by atoms with Gasteiger partial charge in [0, 0.05) is 32.7 Å². The van der Waals surface area contributed by atoms with Crippen LogP contribution in [0.1, 0.15) is 30.9 Å². The van der Waals surface area contributed by atoms with Gasteiger partial charge in [0.05, 0.1) is 18.7 Å². The van der Waals surface area contributed by atoms with Gasteiger partial charge in [0.25, 0.3) is 0 Å². The van der Waals surface area contributed by atoms with E-state index >= 15 is 0 Å². The first kappa shape index (κ1) is 17.6. The molecule has 0 saturated carbocycles. The van der Waals surface area contributed by atoms with E-state index in [0.717, 1.165) is 55.1 Å². The number of hydrogen-bond acceptors (Lipinski definition) is 4. The van der Waals surface area contributed by atoms with Crippen molar-refractivity contribution >= 4 is 15.9 Å². The standard InChI is InChI=1S/C17H27BrN2O2/c1-12(2)15-13(5-8-20-9-6-19-7-10-20)11-14(21-3)17(22-4)16(15)18/h11-12,19H,5-10H2,1-4H3. The number of nitrogens with one attached hydrogen (secondary N) is 1. The van der Waals surface area contributed by atoms with E-state index < -0.39 is 0 Å². The Bertz CT molecular complexity index is 500. The van der Waals surface area contributed by atoms with Crippen LogP contribution < -0.4 is 14.8 Å². The second kappa shape index (κ2) is 8.18. The Morgan fingerprint density at radius 1 is 1.23 bits per heavy atom. The number of methoxy groups -OCH3 is 2. The summed E-state index contributed by atoms with van der Waals surface area (Å²) in [5, 5.41) is 3.40. The molecule has 1 N–H and O–H groups in total. The molecule has 1 heterocycles. The third-order valence-corrected chi connectivity index (χ3v) is 5.01. The number of nitrogens with zero attached hydrogens (tertiary/aromatic N) is 1. The molecule has 1 fully saturated rings. The van der Waals surface area contributed by atoms with Gasteiger partial charge < -0.3 is 19.7 Å². The molecule has 0 aromatic heterocycles. The summed E-state index contributed by atoms with van der Waals surface area (Å²) < 4.78 is 12.0. The van der Waals surface area contributed by atoms with E-state index in [1.165, 1.54) is 11.1 Å². The van der Waals surface area contributed by atoms with Crippen molar-refractivity contribution in [3.63, 3.8) is 0 Å². The van der Waals surface area contributed by atoms with E-state index in [-0.39, 0.29) is 0 Å². The minimum Gasteiger partial charge on any atom is -0.493 e. The summed E-state index contributed by atoms with van der Waals surface area (Å²) in [5.74, 6) is 2.03. The molecule has 22 heavy (non-hydrogen) atoms. The Labute approximate surface area is 142 Å². The van der Waals surface area contributed by atoms with E-state index in [1.54, 1.807) is 14.2 Å². The zero-order valence-corrected chi connectivity index (χ0v) is 15.6. The fraction of sp³-hybridized carbons (Fsp3) is 0.647. The molecule has 1 aliphatic heterocycles. The van der Waals surface area contributed by atoms with Gasteiger partial charge in [0.15, 0.2) is 11.5 Å². The average Bonchev–Trinajstić information content (AvgIpc) is 2.52. The van der Waals surface area contributed by atoms with Crippen molar-refractivity contribution in [1.82, 2.24) is 10.2 Å². The van der Waals surface area contributed by atoms with Crippen molar-refractivity contribution < 1.29 is 9.47 Å². The molecule has 1 aromatic rings. The van der Waals surface area contributed by atoms with Gasteiger partial charge in [0.2, 0.25) is 0 Å². The van der Waals surface area contributed by atoms with Crippen molar-refractivity contribution in [3.8, 4) is 11.5 Å². The normalized spacial score (nSPS) is 16.1. The molecule has 0 radical (unpaired) electrons. The third-order valence-electron chi connectivity index (χ3n) is 4.22. The molecule has 1 aliphatic rings. The number of halogens is 1. The van der Waals surface area contributed by atoms with Crippen LogP contribution in [0, 0.1) is 0 Å². The van der Waals surface area contributed by atoms with Gasteiger partial charge >= 0.3 is 0 Å². The van der Waals surface area contributed by atoms with E-state index in [4.69, 9.17) is 9.47 Å². The van der Waals surface area contributed by atoms with Gasteiger partial charge in [-0.05, 0) is 45.5 Å². The van der Waals surface area contributed by atoms with Crippen molar-refractivity contribution in [2.45, 2.75) is 26.2 Å². The molecule has 0 unspecified atom stereocenters. The Morgan fingerprint density at radius 2 is 1.91 bits per heavy atom. The fourth-order valence-electron chi connectivity index (χ4n) is 3.06. The van der Waals surface area contributed by atoms with E-state index in [9.17, 15) is 0 Å². The lowest BCUT2D eigenvalue weighted by Gasteiger charge is -2.28. The fourth-order valence-corrected chi connectivity index (χ4v) is 4.13. The van der Waals surface area contributed by atoms with Crippen LogP contribution in [-0.2, 0) is 6.42 Å². The first-order chi connectivity index (χ1) is 10.6. The smallest absolute Gasteiger partial charge is 0.175 e. The van der Waals surface area contributed by atoms with Crippen LogP contribution in [0.3, 0.4) is 0 Å². The monoisotopic (exact) mass is 370 g/mol. The van der Waals surface area contributed by atoms with Crippen LogP contribution in [0.25, 0.3) is 0 Å². The predicted molar refractivity (Wildman–Crippen MR) is 94.3 cm³/mol. The first-order valence-electron chi connectivity index (χ1n) is 7.94. The minimum atomic E-state index is 0.437. The average molecular weight is 371 g/mol. The maximum Gasteiger partial charge on any atom is 0.175 e. The number of piperazine rings is 1. The second-order valence-corrected chi connectivity index (χ2v) is 6.79. The zero-order valence-electron chi connectivity index (χ0n) is 14.0. The SMILES string of the molecule is COc1cc(CCN2CCNCC2)c(C(C)C)c(Br)c1OC. The van der Waals surface area contributed by atoms with Gasteiger partial charge in [-0.1, -0.05) is 13.8 Å². The first-order valence-corrected chi connectivity index (χ1v) is 8.74. The maximum absolute atomic E-state index is 5.52. The largest absolute Gasteiger partial charge is 0.493 e. The molecule has 4 nitrogen and oxygen atoms in total. The van der Waals surface area contributed by atoms with Crippen LogP contribution in [0.15, 0.2) is 10.5 Å². The summed E-state index contributed by atoms with van der Waals surface area (Å²) in [4.78, 5) is 2.52. The molecule has 0 amide bonds. The Morgan fingerprint density at radius 3 is 2.45 bits per heavy atom. The predicted octanol–water partition coefficient (Wildman–Crippen LogP) is 3.04. The Hall–Kier alpha value is -0.780. The van der Waals surface area contributed by atoms with Gasteiger partial charge in [-0.15, -0.1) is 0 Å². The Kier molecular flexibility index (Phi) is 6.53. The van der Waals surface area contributed by atoms with Crippen LogP contribution >= 0.6 is 15.9 Å². The number of ether oxygens (including phenoxy) is 2. The molecule has 0 aliphatic carbocycles. The third kappa shape index (κ3) is 3.94. The van der Waals surface area contributed by atoms with Gasteiger partial charge in [0.1, 0.15) is 0 Å². The molecule has 1 saturated heterocycles. The molecule has 124 valence electrons. The highest BCUT2D eigenvalue weighted by Crippen LogP contribution is 2.42. The summed E-state index contributed by atoms with van der Waals surface area (Å²) in [6, 6.07) is 2.14. The van der Waals surface area contributed by atoms with Gasteiger partial charge in [-0.3, -0.25) is 0 Å². The summed E-state index contributed by atoms with van der Waals surface area (Å²) in [6.45, 7) is 9.97. The lowest BCUT2D eigenvalue weighted by atomic mass is 9.94. The zero-order chi connectivity index (χ0) is 16.1. The molecule has 0 atom stereocenters.